The number of nitrogens with zero attached hydrogens (tertiary/aromatic N) is 1. The molecule has 1 saturated heterocycles. The molecule has 118 valence electrons. The van der Waals surface area contributed by atoms with E-state index in [2.05, 4.69) is 38.1 Å². The van der Waals surface area contributed by atoms with Crippen molar-refractivity contribution >= 4 is 10.0 Å². The molecule has 0 aliphatic carbocycles. The van der Waals surface area contributed by atoms with Gasteiger partial charge in [0, 0.05) is 13.1 Å². The highest BCUT2D eigenvalue weighted by Crippen LogP contribution is 2.25. The van der Waals surface area contributed by atoms with Crippen LogP contribution in [0.15, 0.2) is 24.3 Å². The quantitative estimate of drug-likeness (QED) is 0.840. The number of morpholine rings is 1. The first-order chi connectivity index (χ1) is 9.94. The SMILES string of the molecule is CCCS(=O)(=O)N1CCOC(c2ccc(C(C)C)cc2)C1. The van der Waals surface area contributed by atoms with E-state index in [1.807, 2.05) is 6.92 Å². The topological polar surface area (TPSA) is 46.6 Å². The summed E-state index contributed by atoms with van der Waals surface area (Å²) in [7, 11) is -3.14. The predicted octanol–water partition coefficient (Wildman–Crippen LogP) is 2.92. The van der Waals surface area contributed by atoms with Crippen LogP contribution in [-0.4, -0.2) is 38.2 Å². The molecule has 0 spiro atoms. The van der Waals surface area contributed by atoms with Crippen molar-refractivity contribution < 1.29 is 13.2 Å². The van der Waals surface area contributed by atoms with Gasteiger partial charge in [0.05, 0.1) is 18.5 Å². The Balaban J connectivity index is 2.10. The summed E-state index contributed by atoms with van der Waals surface area (Å²) in [6.07, 6.45) is 0.486. The fraction of sp³-hybridized carbons (Fsp3) is 0.625. The van der Waals surface area contributed by atoms with Gasteiger partial charge in [-0.05, 0) is 23.5 Å². The lowest BCUT2D eigenvalue weighted by molar-refractivity contribution is -0.00254. The highest BCUT2D eigenvalue weighted by atomic mass is 32.2. The van der Waals surface area contributed by atoms with E-state index in [-0.39, 0.29) is 11.9 Å². The van der Waals surface area contributed by atoms with Crippen LogP contribution >= 0.6 is 0 Å². The number of sulfonamides is 1. The van der Waals surface area contributed by atoms with E-state index in [0.29, 0.717) is 32.0 Å². The maximum atomic E-state index is 12.2. The van der Waals surface area contributed by atoms with Gasteiger partial charge < -0.3 is 4.74 Å². The Kier molecular flexibility index (Phi) is 5.41. The molecule has 1 atom stereocenters. The zero-order chi connectivity index (χ0) is 15.5. The number of benzene rings is 1. The van der Waals surface area contributed by atoms with Crippen molar-refractivity contribution in [1.29, 1.82) is 0 Å². The van der Waals surface area contributed by atoms with Crippen LogP contribution < -0.4 is 0 Å². The molecule has 0 amide bonds. The number of hydrogen-bond donors (Lipinski definition) is 0. The van der Waals surface area contributed by atoms with Crippen LogP contribution in [0.2, 0.25) is 0 Å². The molecule has 0 N–H and O–H groups in total. The smallest absolute Gasteiger partial charge is 0.214 e. The molecular formula is C16H25NO3S. The molecule has 21 heavy (non-hydrogen) atoms. The Morgan fingerprint density at radius 1 is 1.29 bits per heavy atom. The van der Waals surface area contributed by atoms with Gasteiger partial charge in [-0.1, -0.05) is 45.0 Å². The third kappa shape index (κ3) is 4.05. The Morgan fingerprint density at radius 3 is 2.52 bits per heavy atom. The van der Waals surface area contributed by atoms with Crippen molar-refractivity contribution in [3.05, 3.63) is 35.4 Å². The van der Waals surface area contributed by atoms with Crippen LogP contribution in [0.3, 0.4) is 0 Å². The van der Waals surface area contributed by atoms with Crippen LogP contribution in [0.1, 0.15) is 50.3 Å². The first-order valence-corrected chi connectivity index (χ1v) is 9.24. The molecule has 1 aromatic rings. The summed E-state index contributed by atoms with van der Waals surface area (Å²) < 4.78 is 31.7. The van der Waals surface area contributed by atoms with E-state index in [9.17, 15) is 8.42 Å². The lowest BCUT2D eigenvalue weighted by Gasteiger charge is -2.32. The van der Waals surface area contributed by atoms with Gasteiger partial charge in [0.2, 0.25) is 10.0 Å². The maximum Gasteiger partial charge on any atom is 0.214 e. The first kappa shape index (κ1) is 16.5. The first-order valence-electron chi connectivity index (χ1n) is 7.63. The summed E-state index contributed by atoms with van der Waals surface area (Å²) in [5, 5.41) is 0. The molecule has 0 bridgehead atoms. The second-order valence-electron chi connectivity index (χ2n) is 5.85. The summed E-state index contributed by atoms with van der Waals surface area (Å²) >= 11 is 0. The molecular weight excluding hydrogens is 286 g/mol. The van der Waals surface area contributed by atoms with Crippen molar-refractivity contribution in [2.24, 2.45) is 0 Å². The lowest BCUT2D eigenvalue weighted by Crippen LogP contribution is -2.43. The molecule has 1 unspecified atom stereocenters. The molecule has 0 saturated carbocycles. The van der Waals surface area contributed by atoms with E-state index in [1.165, 1.54) is 5.56 Å². The van der Waals surface area contributed by atoms with Gasteiger partial charge in [-0.15, -0.1) is 0 Å². The van der Waals surface area contributed by atoms with Gasteiger partial charge in [0.25, 0.3) is 0 Å². The largest absolute Gasteiger partial charge is 0.371 e. The summed E-state index contributed by atoms with van der Waals surface area (Å²) in [6.45, 7) is 7.54. The molecule has 5 heteroatoms. The molecule has 0 radical (unpaired) electrons. The third-order valence-corrected chi connectivity index (χ3v) is 5.90. The maximum absolute atomic E-state index is 12.2. The van der Waals surface area contributed by atoms with Crippen molar-refractivity contribution in [2.75, 3.05) is 25.4 Å². The molecule has 4 nitrogen and oxygen atoms in total. The van der Waals surface area contributed by atoms with Gasteiger partial charge in [0.1, 0.15) is 0 Å². The minimum atomic E-state index is -3.14. The molecule has 1 fully saturated rings. The molecule has 1 heterocycles. The van der Waals surface area contributed by atoms with Crippen molar-refractivity contribution in [3.63, 3.8) is 0 Å². The molecule has 1 aromatic carbocycles. The summed E-state index contributed by atoms with van der Waals surface area (Å²) in [5.41, 5.74) is 2.33. The second kappa shape index (κ2) is 6.90. The van der Waals surface area contributed by atoms with Crippen LogP contribution in [0, 0.1) is 0 Å². The zero-order valence-electron chi connectivity index (χ0n) is 13.1. The number of rotatable bonds is 5. The fourth-order valence-electron chi connectivity index (χ4n) is 2.56. The van der Waals surface area contributed by atoms with Crippen LogP contribution in [-0.2, 0) is 14.8 Å². The van der Waals surface area contributed by atoms with Crippen LogP contribution in [0.4, 0.5) is 0 Å². The monoisotopic (exact) mass is 311 g/mol. The minimum Gasteiger partial charge on any atom is -0.371 e. The third-order valence-electron chi connectivity index (χ3n) is 3.86. The van der Waals surface area contributed by atoms with Gasteiger partial charge in [-0.25, -0.2) is 8.42 Å². The van der Waals surface area contributed by atoms with Crippen LogP contribution in [0.5, 0.6) is 0 Å². The van der Waals surface area contributed by atoms with Gasteiger partial charge in [-0.2, -0.15) is 4.31 Å². The molecule has 0 aromatic heterocycles. The van der Waals surface area contributed by atoms with Gasteiger partial charge in [0.15, 0.2) is 0 Å². The fourth-order valence-corrected chi connectivity index (χ4v) is 4.05. The lowest BCUT2D eigenvalue weighted by atomic mass is 10.00. The summed E-state index contributed by atoms with van der Waals surface area (Å²) in [6, 6.07) is 8.30. The highest BCUT2D eigenvalue weighted by molar-refractivity contribution is 7.89. The van der Waals surface area contributed by atoms with E-state index >= 15 is 0 Å². The number of hydrogen-bond acceptors (Lipinski definition) is 3. The van der Waals surface area contributed by atoms with E-state index < -0.39 is 10.0 Å². The Labute approximate surface area is 128 Å². The van der Waals surface area contributed by atoms with Crippen molar-refractivity contribution in [1.82, 2.24) is 4.31 Å². The van der Waals surface area contributed by atoms with E-state index in [4.69, 9.17) is 4.74 Å². The van der Waals surface area contributed by atoms with E-state index in [1.54, 1.807) is 4.31 Å². The minimum absolute atomic E-state index is 0.161. The summed E-state index contributed by atoms with van der Waals surface area (Å²) in [5.74, 6) is 0.708. The second-order valence-corrected chi connectivity index (χ2v) is 7.94. The Hall–Kier alpha value is -0.910. The normalized spacial score (nSPS) is 20.9. The van der Waals surface area contributed by atoms with Crippen molar-refractivity contribution in [3.8, 4) is 0 Å². The van der Waals surface area contributed by atoms with Gasteiger partial charge >= 0.3 is 0 Å². The number of ether oxygens (including phenoxy) is 1. The standard InChI is InChI=1S/C16H25NO3S/c1-4-11-21(18,19)17-9-10-20-16(12-17)15-7-5-14(6-8-15)13(2)3/h5-8,13,16H,4,9-12H2,1-3H3. The Morgan fingerprint density at radius 2 is 1.95 bits per heavy atom. The van der Waals surface area contributed by atoms with Crippen LogP contribution in [0.25, 0.3) is 0 Å². The average Bonchev–Trinajstić information content (AvgIpc) is 2.47. The Bertz CT molecular complexity index is 551. The van der Waals surface area contributed by atoms with Gasteiger partial charge in [-0.3, -0.25) is 0 Å². The molecule has 1 aliphatic rings. The highest BCUT2D eigenvalue weighted by Gasteiger charge is 2.29. The van der Waals surface area contributed by atoms with E-state index in [0.717, 1.165) is 5.56 Å². The molecule has 1 aliphatic heterocycles. The average molecular weight is 311 g/mol. The summed E-state index contributed by atoms with van der Waals surface area (Å²) in [4.78, 5) is 0. The van der Waals surface area contributed by atoms with Crippen molar-refractivity contribution in [2.45, 2.75) is 39.2 Å². The predicted molar refractivity (Wildman–Crippen MR) is 84.9 cm³/mol. The zero-order valence-corrected chi connectivity index (χ0v) is 13.9. The molecule has 2 rings (SSSR count).